The fraction of sp³-hybridized carbons (Fsp3) is 0.500. The predicted octanol–water partition coefficient (Wildman–Crippen LogP) is 1.44. The Bertz CT molecular complexity index is 573. The van der Waals surface area contributed by atoms with Gasteiger partial charge in [-0.3, -0.25) is 0 Å². The Morgan fingerprint density at radius 2 is 1.90 bits per heavy atom. The topological polar surface area (TPSA) is 84.5 Å². The number of nitrogens with zero attached hydrogens (tertiary/aromatic N) is 1. The van der Waals surface area contributed by atoms with Crippen LogP contribution in [0.2, 0.25) is 0 Å². The van der Waals surface area contributed by atoms with Gasteiger partial charge >= 0.3 is 0 Å². The normalized spacial score (nSPS) is 17.4. The summed E-state index contributed by atoms with van der Waals surface area (Å²) in [4.78, 5) is 4.61. The van der Waals surface area contributed by atoms with Gasteiger partial charge in [0.25, 0.3) is 0 Å². The molecule has 0 radical (unpaired) electrons. The van der Waals surface area contributed by atoms with Crippen LogP contribution in [-0.2, 0) is 16.4 Å². The SMILES string of the molecule is CS(=O)(=O)c1ccc(CN=C(N)NC2CCCC2)cc1. The highest BCUT2D eigenvalue weighted by molar-refractivity contribution is 7.90. The van der Waals surface area contributed by atoms with Crippen LogP contribution in [0, 0.1) is 0 Å². The highest BCUT2D eigenvalue weighted by Crippen LogP contribution is 2.17. The Balaban J connectivity index is 1.92. The van der Waals surface area contributed by atoms with Crippen molar-refractivity contribution in [1.82, 2.24) is 5.32 Å². The quantitative estimate of drug-likeness (QED) is 0.650. The predicted molar refractivity (Wildman–Crippen MR) is 80.3 cm³/mol. The minimum absolute atomic E-state index is 0.322. The highest BCUT2D eigenvalue weighted by atomic mass is 32.2. The molecule has 0 atom stereocenters. The van der Waals surface area contributed by atoms with Gasteiger partial charge in [-0.05, 0) is 30.5 Å². The van der Waals surface area contributed by atoms with Gasteiger partial charge in [0.2, 0.25) is 0 Å². The van der Waals surface area contributed by atoms with Crippen molar-refractivity contribution < 1.29 is 8.42 Å². The lowest BCUT2D eigenvalue weighted by Gasteiger charge is -2.12. The Hall–Kier alpha value is -1.56. The van der Waals surface area contributed by atoms with E-state index in [9.17, 15) is 8.42 Å². The van der Waals surface area contributed by atoms with Crippen molar-refractivity contribution in [3.63, 3.8) is 0 Å². The van der Waals surface area contributed by atoms with E-state index in [-0.39, 0.29) is 0 Å². The number of benzene rings is 1. The van der Waals surface area contributed by atoms with Crippen LogP contribution in [0.1, 0.15) is 31.2 Å². The minimum atomic E-state index is -3.14. The smallest absolute Gasteiger partial charge is 0.189 e. The molecule has 0 saturated heterocycles. The molecule has 0 amide bonds. The molecule has 1 fully saturated rings. The summed E-state index contributed by atoms with van der Waals surface area (Å²) in [6, 6.07) is 7.18. The second-order valence-corrected chi connectivity index (χ2v) is 7.26. The third-order valence-corrected chi connectivity index (χ3v) is 4.62. The van der Waals surface area contributed by atoms with Gasteiger partial charge in [-0.1, -0.05) is 25.0 Å². The molecule has 20 heavy (non-hydrogen) atoms. The van der Waals surface area contributed by atoms with Crippen molar-refractivity contribution in [2.45, 2.75) is 43.2 Å². The fourth-order valence-electron chi connectivity index (χ4n) is 2.34. The van der Waals surface area contributed by atoms with Gasteiger partial charge < -0.3 is 11.1 Å². The number of hydrogen-bond acceptors (Lipinski definition) is 3. The molecule has 0 aliphatic heterocycles. The molecule has 5 nitrogen and oxygen atoms in total. The van der Waals surface area contributed by atoms with Crippen molar-refractivity contribution in [1.29, 1.82) is 0 Å². The molecule has 1 aromatic carbocycles. The number of sulfone groups is 1. The summed E-state index contributed by atoms with van der Waals surface area (Å²) in [6.45, 7) is 0.454. The molecule has 0 spiro atoms. The molecular weight excluding hydrogens is 274 g/mol. The molecule has 0 aromatic heterocycles. The van der Waals surface area contributed by atoms with Crippen molar-refractivity contribution in [3.05, 3.63) is 29.8 Å². The van der Waals surface area contributed by atoms with E-state index in [1.807, 2.05) is 0 Å². The van der Waals surface area contributed by atoms with E-state index >= 15 is 0 Å². The van der Waals surface area contributed by atoms with Crippen LogP contribution in [0.3, 0.4) is 0 Å². The zero-order chi connectivity index (χ0) is 14.6. The lowest BCUT2D eigenvalue weighted by atomic mass is 10.2. The summed E-state index contributed by atoms with van der Waals surface area (Å²) >= 11 is 0. The Morgan fingerprint density at radius 3 is 2.45 bits per heavy atom. The lowest BCUT2D eigenvalue weighted by Crippen LogP contribution is -2.38. The molecule has 1 aromatic rings. The van der Waals surface area contributed by atoms with Crippen LogP contribution in [0.25, 0.3) is 0 Å². The van der Waals surface area contributed by atoms with Crippen LogP contribution in [0.5, 0.6) is 0 Å². The van der Waals surface area contributed by atoms with Gasteiger partial charge in [0, 0.05) is 12.3 Å². The van der Waals surface area contributed by atoms with Gasteiger partial charge in [0.1, 0.15) is 0 Å². The zero-order valence-electron chi connectivity index (χ0n) is 11.7. The van der Waals surface area contributed by atoms with E-state index in [0.717, 1.165) is 18.4 Å². The maximum Gasteiger partial charge on any atom is 0.189 e. The summed E-state index contributed by atoms with van der Waals surface area (Å²) in [5.74, 6) is 0.462. The van der Waals surface area contributed by atoms with E-state index in [1.54, 1.807) is 24.3 Å². The largest absolute Gasteiger partial charge is 0.370 e. The number of nitrogens with one attached hydrogen (secondary N) is 1. The molecule has 6 heteroatoms. The van der Waals surface area contributed by atoms with E-state index < -0.39 is 9.84 Å². The van der Waals surface area contributed by atoms with Gasteiger partial charge in [-0.2, -0.15) is 0 Å². The maximum absolute atomic E-state index is 11.3. The Labute approximate surface area is 120 Å². The highest BCUT2D eigenvalue weighted by Gasteiger charge is 2.14. The molecule has 1 aliphatic carbocycles. The van der Waals surface area contributed by atoms with Crippen molar-refractivity contribution in [2.75, 3.05) is 6.26 Å². The summed E-state index contributed by atoms with van der Waals surface area (Å²) in [5.41, 5.74) is 6.78. The molecular formula is C14H21N3O2S. The number of hydrogen-bond donors (Lipinski definition) is 2. The molecule has 0 bridgehead atoms. The molecule has 1 saturated carbocycles. The molecule has 110 valence electrons. The van der Waals surface area contributed by atoms with Gasteiger partial charge in [-0.25, -0.2) is 13.4 Å². The van der Waals surface area contributed by atoms with Crippen molar-refractivity contribution in [2.24, 2.45) is 10.7 Å². The van der Waals surface area contributed by atoms with Crippen LogP contribution < -0.4 is 11.1 Å². The summed E-state index contributed by atoms with van der Waals surface area (Å²) in [5, 5.41) is 3.22. The molecule has 2 rings (SSSR count). The molecule has 0 unspecified atom stereocenters. The third-order valence-electron chi connectivity index (χ3n) is 3.49. The number of aliphatic imine (C=N–C) groups is 1. The van der Waals surface area contributed by atoms with Gasteiger partial charge in [0.15, 0.2) is 15.8 Å². The second kappa shape index (κ2) is 6.26. The zero-order valence-corrected chi connectivity index (χ0v) is 12.5. The fourth-order valence-corrected chi connectivity index (χ4v) is 2.97. The Kier molecular flexibility index (Phi) is 4.65. The standard InChI is InChI=1S/C14H21N3O2S/c1-20(18,19)13-8-6-11(7-9-13)10-16-14(15)17-12-4-2-3-5-12/h6-9,12H,2-5,10H2,1H3,(H3,15,16,17). The molecule has 1 aliphatic rings. The first kappa shape index (κ1) is 14.8. The summed E-state index contributed by atoms with van der Waals surface area (Å²) < 4.78 is 22.7. The van der Waals surface area contributed by atoms with Gasteiger partial charge in [-0.15, -0.1) is 0 Å². The van der Waals surface area contributed by atoms with Crippen LogP contribution in [0.4, 0.5) is 0 Å². The second-order valence-electron chi connectivity index (χ2n) is 5.24. The molecule has 3 N–H and O–H groups in total. The molecule has 0 heterocycles. The first-order chi connectivity index (χ1) is 9.45. The Morgan fingerprint density at radius 1 is 1.30 bits per heavy atom. The van der Waals surface area contributed by atoms with Crippen LogP contribution in [0.15, 0.2) is 34.2 Å². The summed E-state index contributed by atoms with van der Waals surface area (Å²) in [7, 11) is -3.14. The number of nitrogens with two attached hydrogens (primary N) is 1. The monoisotopic (exact) mass is 295 g/mol. The lowest BCUT2D eigenvalue weighted by molar-refractivity contribution is 0.602. The minimum Gasteiger partial charge on any atom is -0.370 e. The van der Waals surface area contributed by atoms with Crippen LogP contribution >= 0.6 is 0 Å². The maximum atomic E-state index is 11.3. The summed E-state index contributed by atoms with van der Waals surface area (Å²) in [6.07, 6.45) is 6.00. The average Bonchev–Trinajstić information content (AvgIpc) is 2.88. The van der Waals surface area contributed by atoms with E-state index in [0.29, 0.717) is 23.4 Å². The third kappa shape index (κ3) is 4.23. The van der Waals surface area contributed by atoms with Crippen LogP contribution in [-0.4, -0.2) is 26.7 Å². The first-order valence-electron chi connectivity index (χ1n) is 6.80. The number of rotatable bonds is 4. The van der Waals surface area contributed by atoms with E-state index in [1.165, 1.54) is 19.1 Å². The van der Waals surface area contributed by atoms with Crippen molar-refractivity contribution in [3.8, 4) is 0 Å². The van der Waals surface area contributed by atoms with E-state index in [4.69, 9.17) is 5.73 Å². The van der Waals surface area contributed by atoms with E-state index in [2.05, 4.69) is 10.3 Å². The first-order valence-corrected chi connectivity index (χ1v) is 8.70. The average molecular weight is 295 g/mol. The van der Waals surface area contributed by atoms with Gasteiger partial charge in [0.05, 0.1) is 11.4 Å². The number of guanidine groups is 1. The van der Waals surface area contributed by atoms with Crippen molar-refractivity contribution >= 4 is 15.8 Å².